The molecule has 1 aliphatic carbocycles. The number of amides is 1. The summed E-state index contributed by atoms with van der Waals surface area (Å²) in [5, 5.41) is 3.41. The first-order valence-electron chi connectivity index (χ1n) is 10.3. The van der Waals surface area contributed by atoms with E-state index in [4.69, 9.17) is 9.73 Å². The molecule has 26 heavy (non-hydrogen) atoms. The van der Waals surface area contributed by atoms with Crippen LogP contribution in [0.5, 0.6) is 0 Å². The van der Waals surface area contributed by atoms with E-state index in [2.05, 4.69) is 24.2 Å². The van der Waals surface area contributed by atoms with Crippen LogP contribution in [0.2, 0.25) is 0 Å². The predicted octanol–water partition coefficient (Wildman–Crippen LogP) is 2.35. The normalized spacial score (nSPS) is 20.8. The average molecular weight is 367 g/mol. The standard InChI is InChI=1S/C20H38N4O2/c1-5-21-19(24(4)13-8-17-9-14-26-15-10-17)22-16-20(11-6-7-12-20)18(25)23(2)3/h17H,5-16H2,1-4H3,(H,21,22). The highest BCUT2D eigenvalue weighted by molar-refractivity contribution is 5.84. The number of hydrogen-bond donors (Lipinski definition) is 1. The van der Waals surface area contributed by atoms with Crippen LogP contribution in [0, 0.1) is 11.3 Å². The Labute approximate surface area is 159 Å². The quantitative estimate of drug-likeness (QED) is 0.555. The van der Waals surface area contributed by atoms with Crippen molar-refractivity contribution in [2.75, 3.05) is 54.0 Å². The Morgan fingerprint density at radius 3 is 2.42 bits per heavy atom. The molecule has 6 heteroatoms. The second-order valence-corrected chi connectivity index (χ2v) is 8.12. The number of hydrogen-bond acceptors (Lipinski definition) is 3. The van der Waals surface area contributed by atoms with Crippen LogP contribution in [0.25, 0.3) is 0 Å². The van der Waals surface area contributed by atoms with Crippen molar-refractivity contribution in [1.82, 2.24) is 15.1 Å². The summed E-state index contributed by atoms with van der Waals surface area (Å²) in [7, 11) is 5.82. The maximum Gasteiger partial charge on any atom is 0.230 e. The molecule has 1 saturated heterocycles. The summed E-state index contributed by atoms with van der Waals surface area (Å²) < 4.78 is 5.46. The summed E-state index contributed by atoms with van der Waals surface area (Å²) in [4.78, 5) is 21.6. The molecule has 2 rings (SSSR count). The van der Waals surface area contributed by atoms with E-state index in [-0.39, 0.29) is 11.3 Å². The monoisotopic (exact) mass is 366 g/mol. The lowest BCUT2D eigenvalue weighted by Gasteiger charge is -2.31. The molecule has 0 spiro atoms. The van der Waals surface area contributed by atoms with Gasteiger partial charge in [0, 0.05) is 47.4 Å². The van der Waals surface area contributed by atoms with Crippen molar-refractivity contribution >= 4 is 11.9 Å². The lowest BCUT2D eigenvalue weighted by atomic mass is 9.85. The summed E-state index contributed by atoms with van der Waals surface area (Å²) in [5.74, 6) is 1.92. The predicted molar refractivity (Wildman–Crippen MR) is 106 cm³/mol. The molecule has 0 atom stereocenters. The highest BCUT2D eigenvalue weighted by Crippen LogP contribution is 2.39. The molecule has 0 aromatic rings. The highest BCUT2D eigenvalue weighted by atomic mass is 16.5. The molecule has 0 radical (unpaired) electrons. The lowest BCUT2D eigenvalue weighted by molar-refractivity contribution is -0.138. The van der Waals surface area contributed by atoms with E-state index in [0.29, 0.717) is 6.54 Å². The van der Waals surface area contributed by atoms with Gasteiger partial charge in [-0.05, 0) is 44.9 Å². The number of guanidine groups is 1. The van der Waals surface area contributed by atoms with Crippen molar-refractivity contribution in [1.29, 1.82) is 0 Å². The van der Waals surface area contributed by atoms with Gasteiger partial charge < -0.3 is 19.9 Å². The van der Waals surface area contributed by atoms with Crippen LogP contribution in [0.4, 0.5) is 0 Å². The highest BCUT2D eigenvalue weighted by Gasteiger charge is 2.42. The minimum absolute atomic E-state index is 0.236. The number of nitrogens with one attached hydrogen (secondary N) is 1. The van der Waals surface area contributed by atoms with Crippen LogP contribution in [-0.2, 0) is 9.53 Å². The molecule has 1 saturated carbocycles. The molecule has 0 aromatic heterocycles. The van der Waals surface area contributed by atoms with Gasteiger partial charge in [0.25, 0.3) is 0 Å². The van der Waals surface area contributed by atoms with E-state index in [0.717, 1.165) is 63.9 Å². The van der Waals surface area contributed by atoms with Gasteiger partial charge in [0.05, 0.1) is 12.0 Å². The largest absolute Gasteiger partial charge is 0.381 e. The molecule has 1 N–H and O–H groups in total. The zero-order valence-corrected chi connectivity index (χ0v) is 17.2. The Hall–Kier alpha value is -1.30. The number of carbonyl (C=O) groups is 1. The van der Waals surface area contributed by atoms with Gasteiger partial charge in [0.15, 0.2) is 5.96 Å². The van der Waals surface area contributed by atoms with Gasteiger partial charge in [-0.15, -0.1) is 0 Å². The minimum Gasteiger partial charge on any atom is -0.381 e. The van der Waals surface area contributed by atoms with Crippen molar-refractivity contribution in [3.05, 3.63) is 0 Å². The SMILES string of the molecule is CCNC(=NCC1(C(=O)N(C)C)CCCC1)N(C)CCC1CCOCC1. The molecule has 150 valence electrons. The van der Waals surface area contributed by atoms with Gasteiger partial charge in [-0.2, -0.15) is 0 Å². The Kier molecular flexibility index (Phi) is 8.19. The van der Waals surface area contributed by atoms with Crippen LogP contribution in [-0.4, -0.2) is 75.7 Å². The number of rotatable bonds is 7. The molecule has 1 heterocycles. The molecular formula is C20H38N4O2. The fourth-order valence-electron chi connectivity index (χ4n) is 4.18. The van der Waals surface area contributed by atoms with E-state index in [1.165, 1.54) is 19.3 Å². The maximum atomic E-state index is 12.8. The van der Waals surface area contributed by atoms with Crippen molar-refractivity contribution in [3.8, 4) is 0 Å². The van der Waals surface area contributed by atoms with Crippen LogP contribution in [0.15, 0.2) is 4.99 Å². The molecule has 0 bridgehead atoms. The molecule has 0 aromatic carbocycles. The summed E-state index contributed by atoms with van der Waals surface area (Å²) in [6, 6.07) is 0. The zero-order valence-electron chi connectivity index (χ0n) is 17.2. The molecular weight excluding hydrogens is 328 g/mol. The van der Waals surface area contributed by atoms with Crippen molar-refractivity contribution in [2.45, 2.75) is 51.9 Å². The first kappa shape index (κ1) is 21.0. The number of ether oxygens (including phenoxy) is 1. The van der Waals surface area contributed by atoms with Crippen LogP contribution in [0.1, 0.15) is 51.9 Å². The summed E-state index contributed by atoms with van der Waals surface area (Å²) in [6.45, 7) is 6.32. The van der Waals surface area contributed by atoms with E-state index >= 15 is 0 Å². The minimum atomic E-state index is -0.300. The van der Waals surface area contributed by atoms with Crippen LogP contribution >= 0.6 is 0 Å². The molecule has 2 fully saturated rings. The fourth-order valence-corrected chi connectivity index (χ4v) is 4.18. The topological polar surface area (TPSA) is 57.2 Å². The Morgan fingerprint density at radius 2 is 1.85 bits per heavy atom. The Bertz CT molecular complexity index is 466. The van der Waals surface area contributed by atoms with Gasteiger partial charge in [0.1, 0.15) is 0 Å². The number of nitrogens with zero attached hydrogens (tertiary/aromatic N) is 3. The van der Waals surface area contributed by atoms with E-state index in [1.54, 1.807) is 4.90 Å². The van der Waals surface area contributed by atoms with Gasteiger partial charge >= 0.3 is 0 Å². The van der Waals surface area contributed by atoms with E-state index in [1.807, 2.05) is 14.1 Å². The Balaban J connectivity index is 1.98. The van der Waals surface area contributed by atoms with E-state index < -0.39 is 0 Å². The van der Waals surface area contributed by atoms with Gasteiger partial charge in [-0.25, -0.2) is 0 Å². The summed E-state index contributed by atoms with van der Waals surface area (Å²) in [5.41, 5.74) is -0.300. The van der Waals surface area contributed by atoms with Crippen molar-refractivity contribution in [2.24, 2.45) is 16.3 Å². The zero-order chi connectivity index (χ0) is 19.0. The summed E-state index contributed by atoms with van der Waals surface area (Å²) in [6.07, 6.45) is 7.68. The van der Waals surface area contributed by atoms with Gasteiger partial charge in [-0.1, -0.05) is 12.8 Å². The van der Waals surface area contributed by atoms with E-state index in [9.17, 15) is 4.79 Å². The second kappa shape index (κ2) is 10.1. The maximum absolute atomic E-state index is 12.8. The van der Waals surface area contributed by atoms with Crippen molar-refractivity contribution < 1.29 is 9.53 Å². The smallest absolute Gasteiger partial charge is 0.230 e. The third-order valence-electron chi connectivity index (χ3n) is 5.86. The second-order valence-electron chi connectivity index (χ2n) is 8.12. The van der Waals surface area contributed by atoms with Gasteiger partial charge in [-0.3, -0.25) is 9.79 Å². The molecule has 1 aliphatic heterocycles. The number of carbonyl (C=O) groups excluding carboxylic acids is 1. The molecule has 6 nitrogen and oxygen atoms in total. The third kappa shape index (κ3) is 5.60. The average Bonchev–Trinajstić information content (AvgIpc) is 3.13. The first-order valence-corrected chi connectivity index (χ1v) is 10.3. The van der Waals surface area contributed by atoms with Gasteiger partial charge in [0.2, 0.25) is 5.91 Å². The Morgan fingerprint density at radius 1 is 1.19 bits per heavy atom. The van der Waals surface area contributed by atoms with Crippen LogP contribution in [0.3, 0.4) is 0 Å². The summed E-state index contributed by atoms with van der Waals surface area (Å²) >= 11 is 0. The lowest BCUT2D eigenvalue weighted by Crippen LogP contribution is -2.44. The third-order valence-corrected chi connectivity index (χ3v) is 5.86. The first-order chi connectivity index (χ1) is 12.5. The van der Waals surface area contributed by atoms with Crippen LogP contribution < -0.4 is 5.32 Å². The molecule has 1 amide bonds. The number of aliphatic imine (C=N–C) groups is 1. The molecule has 0 unspecified atom stereocenters. The fraction of sp³-hybridized carbons (Fsp3) is 0.900. The molecule has 2 aliphatic rings. The van der Waals surface area contributed by atoms with Crippen molar-refractivity contribution in [3.63, 3.8) is 0 Å².